The smallest absolute Gasteiger partial charge is 0.232 e. The maximum absolute atomic E-state index is 5.86. The molecule has 3 aromatic rings. The van der Waals surface area contributed by atoms with Gasteiger partial charge in [0.15, 0.2) is 0 Å². The molecule has 0 bridgehead atoms. The van der Waals surface area contributed by atoms with Crippen LogP contribution in [0, 0.1) is 0 Å². The molecular weight excluding hydrogens is 332 g/mol. The van der Waals surface area contributed by atoms with E-state index in [0.29, 0.717) is 18.3 Å². The minimum atomic E-state index is 0.215. The number of anilines is 3. The molecule has 0 aliphatic heterocycles. The van der Waals surface area contributed by atoms with Crippen molar-refractivity contribution in [2.45, 2.75) is 32.9 Å². The Morgan fingerprint density at radius 3 is 2.72 bits per heavy atom. The molecular formula is C18H22N6S. The maximum atomic E-state index is 5.86. The third kappa shape index (κ3) is 4.52. The average molecular weight is 354 g/mol. The van der Waals surface area contributed by atoms with Crippen LogP contribution in [0.15, 0.2) is 41.8 Å². The molecule has 0 spiro atoms. The van der Waals surface area contributed by atoms with Crippen molar-refractivity contribution < 1.29 is 0 Å². The molecule has 0 radical (unpaired) electrons. The summed E-state index contributed by atoms with van der Waals surface area (Å²) < 4.78 is 0. The summed E-state index contributed by atoms with van der Waals surface area (Å²) in [7, 11) is 0. The van der Waals surface area contributed by atoms with Crippen LogP contribution in [0.2, 0.25) is 0 Å². The second kappa shape index (κ2) is 8.04. The summed E-state index contributed by atoms with van der Waals surface area (Å²) >= 11 is 1.73. The number of rotatable bonds is 7. The summed E-state index contributed by atoms with van der Waals surface area (Å²) in [6, 6.07) is 12.5. The lowest BCUT2D eigenvalue weighted by atomic mass is 10.1. The summed E-state index contributed by atoms with van der Waals surface area (Å²) in [6.07, 6.45) is 0.927. The summed E-state index contributed by atoms with van der Waals surface area (Å²) in [5.74, 6) is 1.30. The molecule has 130 valence electrons. The number of hydrogen-bond donors (Lipinski definition) is 3. The first-order chi connectivity index (χ1) is 12.2. The van der Waals surface area contributed by atoms with Gasteiger partial charge in [-0.2, -0.15) is 15.0 Å². The van der Waals surface area contributed by atoms with Gasteiger partial charge >= 0.3 is 0 Å². The molecule has 0 saturated carbocycles. The van der Waals surface area contributed by atoms with Gasteiger partial charge in [-0.3, -0.25) is 0 Å². The lowest BCUT2D eigenvalue weighted by molar-refractivity contribution is 0.566. The first kappa shape index (κ1) is 17.3. The van der Waals surface area contributed by atoms with Crippen molar-refractivity contribution in [3.05, 3.63) is 58.0 Å². The van der Waals surface area contributed by atoms with Gasteiger partial charge < -0.3 is 16.4 Å². The van der Waals surface area contributed by atoms with Crippen LogP contribution >= 0.6 is 11.3 Å². The fourth-order valence-electron chi connectivity index (χ4n) is 2.53. The van der Waals surface area contributed by atoms with E-state index in [1.165, 1.54) is 10.4 Å². The van der Waals surface area contributed by atoms with Crippen molar-refractivity contribution in [1.82, 2.24) is 20.3 Å². The average Bonchev–Trinajstić information content (AvgIpc) is 3.14. The summed E-state index contributed by atoms with van der Waals surface area (Å²) in [4.78, 5) is 14.2. The van der Waals surface area contributed by atoms with E-state index in [2.05, 4.69) is 56.9 Å². The monoisotopic (exact) mass is 354 g/mol. The van der Waals surface area contributed by atoms with E-state index in [4.69, 9.17) is 5.73 Å². The highest BCUT2D eigenvalue weighted by Gasteiger charge is 2.10. The molecule has 0 aliphatic rings. The fourth-order valence-corrected chi connectivity index (χ4v) is 3.29. The molecule has 7 heteroatoms. The predicted molar refractivity (Wildman–Crippen MR) is 103 cm³/mol. The predicted octanol–water partition coefficient (Wildman–Crippen LogP) is 3.67. The summed E-state index contributed by atoms with van der Waals surface area (Å²) in [6.45, 7) is 4.76. The van der Waals surface area contributed by atoms with Crippen molar-refractivity contribution in [2.75, 3.05) is 11.1 Å². The Hall–Kier alpha value is -2.51. The number of nitrogens with two attached hydrogens (primary N) is 1. The minimum Gasteiger partial charge on any atom is -0.368 e. The van der Waals surface area contributed by atoms with Crippen LogP contribution < -0.4 is 16.4 Å². The number of nitrogen functional groups attached to an aromatic ring is 1. The lowest BCUT2D eigenvalue weighted by Gasteiger charge is -2.13. The van der Waals surface area contributed by atoms with Gasteiger partial charge in [-0.15, -0.1) is 11.3 Å². The molecule has 0 aliphatic carbocycles. The van der Waals surface area contributed by atoms with Gasteiger partial charge in [-0.1, -0.05) is 31.2 Å². The molecule has 4 N–H and O–H groups in total. The zero-order chi connectivity index (χ0) is 17.6. The molecule has 0 saturated heterocycles. The van der Waals surface area contributed by atoms with Crippen LogP contribution in [0.1, 0.15) is 36.2 Å². The molecule has 1 unspecified atom stereocenters. The second-order valence-corrected chi connectivity index (χ2v) is 6.67. The molecule has 2 aromatic heterocycles. The Balaban J connectivity index is 1.72. The number of hydrogen-bond acceptors (Lipinski definition) is 7. The highest BCUT2D eigenvalue weighted by atomic mass is 32.1. The minimum absolute atomic E-state index is 0.215. The van der Waals surface area contributed by atoms with E-state index >= 15 is 0 Å². The number of aryl methyl sites for hydroxylation is 1. The quantitative estimate of drug-likeness (QED) is 0.600. The van der Waals surface area contributed by atoms with Crippen LogP contribution in [-0.4, -0.2) is 15.0 Å². The Morgan fingerprint density at radius 1 is 1.12 bits per heavy atom. The van der Waals surface area contributed by atoms with Gasteiger partial charge in [0.25, 0.3) is 0 Å². The number of nitrogens with zero attached hydrogens (tertiary/aromatic N) is 3. The Morgan fingerprint density at radius 2 is 1.96 bits per heavy atom. The van der Waals surface area contributed by atoms with Gasteiger partial charge in [0.05, 0.1) is 6.54 Å². The molecule has 3 rings (SSSR count). The highest BCUT2D eigenvalue weighted by molar-refractivity contribution is 7.10. The van der Waals surface area contributed by atoms with Crippen molar-refractivity contribution in [3.63, 3.8) is 0 Å². The maximum Gasteiger partial charge on any atom is 0.232 e. The number of para-hydroxylation sites is 1. The van der Waals surface area contributed by atoms with E-state index in [1.54, 1.807) is 11.3 Å². The van der Waals surface area contributed by atoms with Crippen molar-refractivity contribution in [3.8, 4) is 0 Å². The second-order valence-electron chi connectivity index (χ2n) is 5.69. The highest BCUT2D eigenvalue weighted by Crippen LogP contribution is 2.20. The van der Waals surface area contributed by atoms with E-state index in [0.717, 1.165) is 12.1 Å². The third-order valence-corrected chi connectivity index (χ3v) is 4.94. The number of benzene rings is 1. The Labute approximate surface area is 151 Å². The van der Waals surface area contributed by atoms with E-state index in [-0.39, 0.29) is 12.0 Å². The molecule has 25 heavy (non-hydrogen) atoms. The molecule has 2 heterocycles. The van der Waals surface area contributed by atoms with E-state index in [9.17, 15) is 0 Å². The molecule has 0 amide bonds. The van der Waals surface area contributed by atoms with Crippen LogP contribution in [-0.2, 0) is 13.0 Å². The number of thiophene rings is 1. The van der Waals surface area contributed by atoms with Crippen molar-refractivity contribution >= 4 is 28.9 Å². The normalized spacial score (nSPS) is 12.1. The van der Waals surface area contributed by atoms with Crippen molar-refractivity contribution in [1.29, 1.82) is 0 Å². The number of aromatic nitrogens is 3. The molecule has 1 aromatic carbocycles. The topological polar surface area (TPSA) is 88.8 Å². The Kier molecular flexibility index (Phi) is 5.57. The number of nitrogens with one attached hydrogen (secondary N) is 2. The molecule has 1 atom stereocenters. The van der Waals surface area contributed by atoms with Crippen LogP contribution in [0.3, 0.4) is 0 Å². The molecule has 0 fully saturated rings. The van der Waals surface area contributed by atoms with Gasteiger partial charge in [0, 0.05) is 16.6 Å². The van der Waals surface area contributed by atoms with Gasteiger partial charge in [0.1, 0.15) is 5.82 Å². The Bertz CT molecular complexity index is 818. The zero-order valence-corrected chi connectivity index (χ0v) is 15.2. The van der Waals surface area contributed by atoms with Crippen molar-refractivity contribution in [2.24, 2.45) is 0 Å². The SMILES string of the molecule is CCc1ccccc1Nc1nc(N)nc(CNC(C)c2cccs2)n1. The standard InChI is InChI=1S/C18H22N6S/c1-3-13-7-4-5-8-14(13)21-18-23-16(22-17(19)24-18)11-20-12(2)15-9-6-10-25-15/h4-10,12,20H,3,11H2,1-2H3,(H3,19,21,22,23,24). The summed E-state index contributed by atoms with van der Waals surface area (Å²) in [5.41, 5.74) is 8.05. The third-order valence-electron chi connectivity index (χ3n) is 3.88. The lowest BCUT2D eigenvalue weighted by Crippen LogP contribution is -2.20. The fraction of sp³-hybridized carbons (Fsp3) is 0.278. The largest absolute Gasteiger partial charge is 0.368 e. The zero-order valence-electron chi connectivity index (χ0n) is 14.4. The van der Waals surface area contributed by atoms with Gasteiger partial charge in [-0.25, -0.2) is 0 Å². The van der Waals surface area contributed by atoms with E-state index in [1.807, 2.05) is 24.3 Å². The van der Waals surface area contributed by atoms with Crippen LogP contribution in [0.5, 0.6) is 0 Å². The first-order valence-corrected chi connectivity index (χ1v) is 9.15. The van der Waals surface area contributed by atoms with E-state index < -0.39 is 0 Å². The first-order valence-electron chi connectivity index (χ1n) is 8.28. The summed E-state index contributed by atoms with van der Waals surface area (Å²) in [5, 5.41) is 8.74. The van der Waals surface area contributed by atoms with Crippen LogP contribution in [0.4, 0.5) is 17.6 Å². The van der Waals surface area contributed by atoms with Gasteiger partial charge in [-0.05, 0) is 36.4 Å². The van der Waals surface area contributed by atoms with Gasteiger partial charge in [0.2, 0.25) is 11.9 Å². The van der Waals surface area contributed by atoms with Crippen LogP contribution in [0.25, 0.3) is 0 Å². The molecule has 6 nitrogen and oxygen atoms in total.